The highest BCUT2D eigenvalue weighted by Gasteiger charge is 2.13. The molecule has 1 N–H and O–H groups in total. The van der Waals surface area contributed by atoms with Crippen molar-refractivity contribution in [2.45, 2.75) is 40.2 Å². The number of benzene rings is 1. The quantitative estimate of drug-likeness (QED) is 0.848. The molecule has 0 saturated carbocycles. The van der Waals surface area contributed by atoms with E-state index in [0.717, 1.165) is 17.8 Å². The number of amides is 1. The molecule has 1 amide bonds. The van der Waals surface area contributed by atoms with Gasteiger partial charge in [-0.3, -0.25) is 4.79 Å². The highest BCUT2D eigenvalue weighted by atomic mass is 16.2. The molecule has 0 bridgehead atoms. The number of para-hydroxylation sites is 2. The van der Waals surface area contributed by atoms with Gasteiger partial charge in [-0.05, 0) is 32.4 Å². The zero-order valence-corrected chi connectivity index (χ0v) is 11.2. The molecule has 1 aromatic rings. The minimum atomic E-state index is 0.0749. The summed E-state index contributed by atoms with van der Waals surface area (Å²) in [5.41, 5.74) is 1.99. The maximum absolute atomic E-state index is 11.6. The van der Waals surface area contributed by atoms with Gasteiger partial charge in [0, 0.05) is 19.5 Å². The summed E-state index contributed by atoms with van der Waals surface area (Å²) in [7, 11) is 0. The van der Waals surface area contributed by atoms with Crippen LogP contribution in [0.1, 0.15) is 34.1 Å². The Bertz CT molecular complexity index is 376. The van der Waals surface area contributed by atoms with Crippen LogP contribution in [0.25, 0.3) is 0 Å². The van der Waals surface area contributed by atoms with Gasteiger partial charge in [0.2, 0.25) is 5.91 Å². The van der Waals surface area contributed by atoms with E-state index >= 15 is 0 Å². The molecule has 0 spiro atoms. The predicted molar refractivity (Wildman–Crippen MR) is 73.5 cm³/mol. The SMILES string of the molecule is CCC(C)Nc1ccccc1N(CC)C(C)=O. The average Bonchev–Trinajstić information content (AvgIpc) is 2.31. The third-order valence-electron chi connectivity index (χ3n) is 2.91. The first-order valence-corrected chi connectivity index (χ1v) is 6.23. The highest BCUT2D eigenvalue weighted by Crippen LogP contribution is 2.26. The van der Waals surface area contributed by atoms with E-state index in [1.807, 2.05) is 31.2 Å². The summed E-state index contributed by atoms with van der Waals surface area (Å²) < 4.78 is 0. The standard InChI is InChI=1S/C14H22N2O/c1-5-11(3)15-13-9-7-8-10-14(13)16(6-2)12(4)17/h7-11,15H,5-6H2,1-4H3. The molecular formula is C14H22N2O. The van der Waals surface area contributed by atoms with Gasteiger partial charge in [0.05, 0.1) is 11.4 Å². The molecule has 0 radical (unpaired) electrons. The van der Waals surface area contributed by atoms with Gasteiger partial charge in [0.1, 0.15) is 0 Å². The third-order valence-corrected chi connectivity index (χ3v) is 2.91. The Morgan fingerprint density at radius 3 is 2.53 bits per heavy atom. The molecular weight excluding hydrogens is 212 g/mol. The maximum Gasteiger partial charge on any atom is 0.223 e. The molecule has 0 saturated heterocycles. The Labute approximate surface area is 104 Å². The summed E-state index contributed by atoms with van der Waals surface area (Å²) in [4.78, 5) is 13.4. The van der Waals surface area contributed by atoms with E-state index in [1.54, 1.807) is 11.8 Å². The first-order valence-electron chi connectivity index (χ1n) is 6.23. The van der Waals surface area contributed by atoms with E-state index in [1.165, 1.54) is 0 Å². The number of carbonyl (C=O) groups is 1. The first-order chi connectivity index (χ1) is 8.10. The van der Waals surface area contributed by atoms with E-state index < -0.39 is 0 Å². The molecule has 0 aliphatic rings. The highest BCUT2D eigenvalue weighted by molar-refractivity contribution is 5.95. The fourth-order valence-corrected chi connectivity index (χ4v) is 1.76. The van der Waals surface area contributed by atoms with Crippen LogP contribution < -0.4 is 10.2 Å². The summed E-state index contributed by atoms with van der Waals surface area (Å²) in [6.07, 6.45) is 1.06. The first kappa shape index (κ1) is 13.6. The molecule has 17 heavy (non-hydrogen) atoms. The van der Waals surface area contributed by atoms with E-state index in [9.17, 15) is 4.79 Å². The Morgan fingerprint density at radius 2 is 2.00 bits per heavy atom. The number of hydrogen-bond acceptors (Lipinski definition) is 2. The second-order valence-corrected chi connectivity index (χ2v) is 4.23. The van der Waals surface area contributed by atoms with Crippen molar-refractivity contribution in [1.29, 1.82) is 0 Å². The van der Waals surface area contributed by atoms with Gasteiger partial charge < -0.3 is 10.2 Å². The van der Waals surface area contributed by atoms with Gasteiger partial charge in [-0.25, -0.2) is 0 Å². The monoisotopic (exact) mass is 234 g/mol. The van der Waals surface area contributed by atoms with Gasteiger partial charge in [-0.2, -0.15) is 0 Å². The molecule has 1 atom stereocenters. The maximum atomic E-state index is 11.6. The van der Waals surface area contributed by atoms with Crippen LogP contribution in [0.3, 0.4) is 0 Å². The van der Waals surface area contributed by atoms with Gasteiger partial charge >= 0.3 is 0 Å². The number of nitrogens with one attached hydrogen (secondary N) is 1. The number of anilines is 2. The molecule has 0 heterocycles. The Hall–Kier alpha value is -1.51. The molecule has 0 aliphatic carbocycles. The minimum Gasteiger partial charge on any atom is -0.381 e. The van der Waals surface area contributed by atoms with Crippen LogP contribution in [0, 0.1) is 0 Å². The van der Waals surface area contributed by atoms with Crippen molar-refractivity contribution in [3.8, 4) is 0 Å². The van der Waals surface area contributed by atoms with Crippen LogP contribution in [0.4, 0.5) is 11.4 Å². The fourth-order valence-electron chi connectivity index (χ4n) is 1.76. The Balaban J connectivity index is 3.01. The molecule has 0 fully saturated rings. The largest absolute Gasteiger partial charge is 0.381 e. The lowest BCUT2D eigenvalue weighted by molar-refractivity contribution is -0.116. The van der Waals surface area contributed by atoms with E-state index in [4.69, 9.17) is 0 Å². The van der Waals surface area contributed by atoms with Gasteiger partial charge in [-0.15, -0.1) is 0 Å². The van der Waals surface area contributed by atoms with E-state index in [2.05, 4.69) is 19.2 Å². The number of carbonyl (C=O) groups excluding carboxylic acids is 1. The molecule has 3 heteroatoms. The van der Waals surface area contributed by atoms with Crippen LogP contribution in [0.5, 0.6) is 0 Å². The molecule has 1 aromatic carbocycles. The lowest BCUT2D eigenvalue weighted by Gasteiger charge is -2.24. The van der Waals surface area contributed by atoms with Crippen LogP contribution in [0.2, 0.25) is 0 Å². The smallest absolute Gasteiger partial charge is 0.223 e. The number of hydrogen-bond donors (Lipinski definition) is 1. The summed E-state index contributed by atoms with van der Waals surface area (Å²) in [6, 6.07) is 8.36. The molecule has 0 aromatic heterocycles. The molecule has 94 valence electrons. The van der Waals surface area contributed by atoms with Crippen molar-refractivity contribution in [2.75, 3.05) is 16.8 Å². The molecule has 1 unspecified atom stereocenters. The summed E-state index contributed by atoms with van der Waals surface area (Å²) in [5.74, 6) is 0.0749. The molecule has 1 rings (SSSR count). The zero-order valence-electron chi connectivity index (χ0n) is 11.2. The predicted octanol–water partition coefficient (Wildman–Crippen LogP) is 3.27. The van der Waals surface area contributed by atoms with Crippen molar-refractivity contribution < 1.29 is 4.79 Å². The van der Waals surface area contributed by atoms with E-state index in [0.29, 0.717) is 12.6 Å². The topological polar surface area (TPSA) is 32.3 Å². The Morgan fingerprint density at radius 1 is 1.35 bits per heavy atom. The van der Waals surface area contributed by atoms with Gasteiger partial charge in [0.25, 0.3) is 0 Å². The van der Waals surface area contributed by atoms with Crippen molar-refractivity contribution >= 4 is 17.3 Å². The molecule has 0 aliphatic heterocycles. The van der Waals surface area contributed by atoms with Gasteiger partial charge in [-0.1, -0.05) is 19.1 Å². The minimum absolute atomic E-state index is 0.0749. The van der Waals surface area contributed by atoms with Crippen molar-refractivity contribution in [3.05, 3.63) is 24.3 Å². The normalized spacial score (nSPS) is 12.0. The van der Waals surface area contributed by atoms with Gasteiger partial charge in [0.15, 0.2) is 0 Å². The third kappa shape index (κ3) is 3.48. The van der Waals surface area contributed by atoms with Crippen molar-refractivity contribution in [1.82, 2.24) is 0 Å². The van der Waals surface area contributed by atoms with Crippen LogP contribution in [0.15, 0.2) is 24.3 Å². The second-order valence-electron chi connectivity index (χ2n) is 4.23. The van der Waals surface area contributed by atoms with Crippen LogP contribution >= 0.6 is 0 Å². The van der Waals surface area contributed by atoms with Crippen molar-refractivity contribution in [2.24, 2.45) is 0 Å². The molecule has 3 nitrogen and oxygen atoms in total. The summed E-state index contributed by atoms with van der Waals surface area (Å²) >= 11 is 0. The Kier molecular flexibility index (Phi) is 5.01. The second kappa shape index (κ2) is 6.28. The summed E-state index contributed by atoms with van der Waals surface area (Å²) in [5, 5.41) is 3.44. The number of rotatable bonds is 5. The zero-order chi connectivity index (χ0) is 12.8. The lowest BCUT2D eigenvalue weighted by atomic mass is 10.2. The summed E-state index contributed by atoms with van der Waals surface area (Å²) in [6.45, 7) is 8.56. The average molecular weight is 234 g/mol. The van der Waals surface area contributed by atoms with Crippen LogP contribution in [-0.2, 0) is 4.79 Å². The fraction of sp³-hybridized carbons (Fsp3) is 0.500. The number of nitrogens with zero attached hydrogens (tertiary/aromatic N) is 1. The van der Waals surface area contributed by atoms with Crippen LogP contribution in [-0.4, -0.2) is 18.5 Å². The lowest BCUT2D eigenvalue weighted by Crippen LogP contribution is -2.29. The van der Waals surface area contributed by atoms with Crippen molar-refractivity contribution in [3.63, 3.8) is 0 Å². The van der Waals surface area contributed by atoms with E-state index in [-0.39, 0.29) is 5.91 Å².